The lowest BCUT2D eigenvalue weighted by molar-refractivity contribution is 0.418. The first-order chi connectivity index (χ1) is 10.5. The predicted octanol–water partition coefficient (Wildman–Crippen LogP) is 3.12. The number of rotatable bonds is 7. The summed E-state index contributed by atoms with van der Waals surface area (Å²) in [5.41, 5.74) is 2.17. The van der Waals surface area contributed by atoms with E-state index in [2.05, 4.69) is 60.2 Å². The van der Waals surface area contributed by atoms with Gasteiger partial charge in [0.05, 0.1) is 0 Å². The van der Waals surface area contributed by atoms with Gasteiger partial charge in [-0.05, 0) is 59.0 Å². The van der Waals surface area contributed by atoms with Crippen LogP contribution in [0.2, 0.25) is 0 Å². The van der Waals surface area contributed by atoms with Crippen molar-refractivity contribution in [2.45, 2.75) is 46.2 Å². The van der Waals surface area contributed by atoms with Gasteiger partial charge in [-0.15, -0.1) is 0 Å². The summed E-state index contributed by atoms with van der Waals surface area (Å²) >= 11 is 0. The SMILES string of the molecule is CCN(c1ccc(-c2nc(CC(C)NC)no2)cc1)C(C)C. The molecular formula is C17H26N4O. The van der Waals surface area contributed by atoms with Crippen LogP contribution >= 0.6 is 0 Å². The molecule has 5 nitrogen and oxygen atoms in total. The average molecular weight is 302 g/mol. The molecule has 0 aliphatic heterocycles. The van der Waals surface area contributed by atoms with Gasteiger partial charge in [-0.3, -0.25) is 0 Å². The Morgan fingerprint density at radius 1 is 1.18 bits per heavy atom. The molecule has 22 heavy (non-hydrogen) atoms. The topological polar surface area (TPSA) is 54.2 Å². The summed E-state index contributed by atoms with van der Waals surface area (Å²) in [6.07, 6.45) is 0.759. The Bertz CT molecular complexity index is 577. The summed E-state index contributed by atoms with van der Waals surface area (Å²) in [5.74, 6) is 1.32. The van der Waals surface area contributed by atoms with Gasteiger partial charge in [0.15, 0.2) is 5.82 Å². The van der Waals surface area contributed by atoms with Crippen LogP contribution in [0, 0.1) is 0 Å². The maximum Gasteiger partial charge on any atom is 0.257 e. The molecule has 2 rings (SSSR count). The summed E-state index contributed by atoms with van der Waals surface area (Å²) in [7, 11) is 1.93. The molecule has 0 aliphatic rings. The second kappa shape index (κ2) is 7.40. The first-order valence-electron chi connectivity index (χ1n) is 7.92. The number of anilines is 1. The zero-order valence-corrected chi connectivity index (χ0v) is 14.1. The van der Waals surface area contributed by atoms with Gasteiger partial charge in [0.2, 0.25) is 0 Å². The highest BCUT2D eigenvalue weighted by Crippen LogP contribution is 2.23. The Morgan fingerprint density at radius 3 is 2.41 bits per heavy atom. The number of hydrogen-bond acceptors (Lipinski definition) is 5. The van der Waals surface area contributed by atoms with Crippen LogP contribution in [0.1, 0.15) is 33.5 Å². The highest BCUT2D eigenvalue weighted by Gasteiger charge is 2.12. The third kappa shape index (κ3) is 3.85. The Morgan fingerprint density at radius 2 is 1.86 bits per heavy atom. The van der Waals surface area contributed by atoms with E-state index < -0.39 is 0 Å². The third-order valence-corrected chi connectivity index (χ3v) is 3.86. The number of nitrogens with one attached hydrogen (secondary N) is 1. The zero-order valence-electron chi connectivity index (χ0n) is 14.1. The third-order valence-electron chi connectivity index (χ3n) is 3.86. The largest absolute Gasteiger partial charge is 0.369 e. The van der Waals surface area contributed by atoms with E-state index in [-0.39, 0.29) is 0 Å². The van der Waals surface area contributed by atoms with E-state index in [4.69, 9.17) is 4.52 Å². The molecule has 1 aromatic carbocycles. The molecule has 0 bridgehead atoms. The van der Waals surface area contributed by atoms with E-state index in [0.717, 1.165) is 24.4 Å². The molecule has 0 saturated carbocycles. The van der Waals surface area contributed by atoms with Crippen LogP contribution in [0.5, 0.6) is 0 Å². The monoisotopic (exact) mass is 302 g/mol. The molecule has 0 fully saturated rings. The molecule has 0 radical (unpaired) electrons. The van der Waals surface area contributed by atoms with Crippen LogP contribution in [0.4, 0.5) is 5.69 Å². The van der Waals surface area contributed by atoms with Gasteiger partial charge < -0.3 is 14.7 Å². The van der Waals surface area contributed by atoms with Crippen LogP contribution in [0.15, 0.2) is 28.8 Å². The van der Waals surface area contributed by atoms with E-state index >= 15 is 0 Å². The fraction of sp³-hybridized carbons (Fsp3) is 0.529. The first-order valence-corrected chi connectivity index (χ1v) is 7.92. The van der Waals surface area contributed by atoms with Gasteiger partial charge in [0, 0.05) is 36.3 Å². The van der Waals surface area contributed by atoms with Gasteiger partial charge >= 0.3 is 0 Å². The van der Waals surface area contributed by atoms with Crippen molar-refractivity contribution in [1.29, 1.82) is 0 Å². The van der Waals surface area contributed by atoms with Gasteiger partial charge in [-0.1, -0.05) is 5.16 Å². The molecule has 0 spiro atoms. The zero-order chi connectivity index (χ0) is 16.1. The lowest BCUT2D eigenvalue weighted by Gasteiger charge is -2.27. The van der Waals surface area contributed by atoms with Crippen LogP contribution in [0.3, 0.4) is 0 Å². The molecule has 0 aliphatic carbocycles. The summed E-state index contributed by atoms with van der Waals surface area (Å²) in [6, 6.07) is 9.11. The van der Waals surface area contributed by atoms with Crippen molar-refractivity contribution in [1.82, 2.24) is 15.5 Å². The Kier molecular flexibility index (Phi) is 5.55. The second-order valence-electron chi connectivity index (χ2n) is 5.84. The maximum atomic E-state index is 5.37. The Labute approximate surface area is 132 Å². The van der Waals surface area contributed by atoms with Crippen molar-refractivity contribution in [3.05, 3.63) is 30.1 Å². The molecule has 1 atom stereocenters. The fourth-order valence-electron chi connectivity index (χ4n) is 2.47. The molecule has 5 heteroatoms. The minimum absolute atomic E-state index is 0.331. The van der Waals surface area contributed by atoms with E-state index in [1.807, 2.05) is 19.2 Å². The van der Waals surface area contributed by atoms with Gasteiger partial charge in [-0.25, -0.2) is 0 Å². The number of aromatic nitrogens is 2. The minimum atomic E-state index is 0.331. The van der Waals surface area contributed by atoms with Crippen molar-refractivity contribution in [3.8, 4) is 11.5 Å². The Balaban J connectivity index is 2.13. The van der Waals surface area contributed by atoms with Crippen molar-refractivity contribution in [2.24, 2.45) is 0 Å². The van der Waals surface area contributed by atoms with Crippen LogP contribution in [-0.4, -0.2) is 35.8 Å². The molecule has 0 amide bonds. The first kappa shape index (κ1) is 16.5. The van der Waals surface area contributed by atoms with Crippen molar-refractivity contribution >= 4 is 5.69 Å². The number of nitrogens with zero attached hydrogens (tertiary/aromatic N) is 3. The molecule has 0 saturated heterocycles. The van der Waals surface area contributed by atoms with Crippen LogP contribution in [0.25, 0.3) is 11.5 Å². The quantitative estimate of drug-likeness (QED) is 0.851. The smallest absolute Gasteiger partial charge is 0.257 e. The molecule has 120 valence electrons. The molecule has 2 aromatic rings. The highest BCUT2D eigenvalue weighted by atomic mass is 16.5. The summed E-state index contributed by atoms with van der Waals surface area (Å²) in [5, 5.41) is 7.22. The van der Waals surface area contributed by atoms with E-state index in [1.54, 1.807) is 0 Å². The number of likely N-dealkylation sites (N-methyl/N-ethyl adjacent to an activating group) is 1. The standard InChI is InChI=1S/C17H26N4O/c1-6-21(12(2)3)15-9-7-14(8-10-15)17-19-16(20-22-17)11-13(4)18-5/h7-10,12-13,18H,6,11H2,1-5H3. The lowest BCUT2D eigenvalue weighted by Crippen LogP contribution is -2.30. The maximum absolute atomic E-state index is 5.37. The highest BCUT2D eigenvalue weighted by molar-refractivity contribution is 5.59. The molecule has 1 aromatic heterocycles. The minimum Gasteiger partial charge on any atom is -0.369 e. The Hall–Kier alpha value is -1.88. The van der Waals surface area contributed by atoms with Crippen molar-refractivity contribution < 1.29 is 4.52 Å². The van der Waals surface area contributed by atoms with E-state index in [1.165, 1.54) is 5.69 Å². The summed E-state index contributed by atoms with van der Waals surface area (Å²) in [6.45, 7) is 9.65. The fourth-order valence-corrected chi connectivity index (χ4v) is 2.47. The van der Waals surface area contributed by atoms with Gasteiger partial charge in [0.1, 0.15) is 0 Å². The molecule has 1 unspecified atom stereocenters. The summed E-state index contributed by atoms with van der Waals surface area (Å²) < 4.78 is 5.37. The molecule has 1 N–H and O–H groups in total. The lowest BCUT2D eigenvalue weighted by atomic mass is 10.1. The van der Waals surface area contributed by atoms with Crippen molar-refractivity contribution in [2.75, 3.05) is 18.5 Å². The van der Waals surface area contributed by atoms with Gasteiger partial charge in [0.25, 0.3) is 5.89 Å². The van der Waals surface area contributed by atoms with E-state index in [0.29, 0.717) is 18.0 Å². The second-order valence-corrected chi connectivity index (χ2v) is 5.84. The summed E-state index contributed by atoms with van der Waals surface area (Å²) in [4.78, 5) is 6.81. The molecular weight excluding hydrogens is 276 g/mol. The normalized spacial score (nSPS) is 12.6. The predicted molar refractivity (Wildman–Crippen MR) is 90.1 cm³/mol. The number of hydrogen-bond donors (Lipinski definition) is 1. The average Bonchev–Trinajstić information content (AvgIpc) is 2.96. The van der Waals surface area contributed by atoms with Crippen LogP contribution in [-0.2, 0) is 6.42 Å². The van der Waals surface area contributed by atoms with Crippen molar-refractivity contribution in [3.63, 3.8) is 0 Å². The number of benzene rings is 1. The molecule has 1 heterocycles. The van der Waals surface area contributed by atoms with Gasteiger partial charge in [-0.2, -0.15) is 4.98 Å². The van der Waals surface area contributed by atoms with Crippen LogP contribution < -0.4 is 10.2 Å². The van der Waals surface area contributed by atoms with E-state index in [9.17, 15) is 0 Å².